The van der Waals surface area contributed by atoms with Crippen molar-refractivity contribution in [3.8, 4) is 0 Å². The Labute approximate surface area is 145 Å². The fraction of sp³-hybridized carbons (Fsp3) is 0.312. The molecule has 1 heterocycles. The van der Waals surface area contributed by atoms with Gasteiger partial charge in [-0.1, -0.05) is 12.1 Å². The highest BCUT2D eigenvalue weighted by Crippen LogP contribution is 2.12. The van der Waals surface area contributed by atoms with E-state index in [1.54, 1.807) is 12.1 Å². The Morgan fingerprint density at radius 1 is 1.24 bits per heavy atom. The number of carbonyl (C=O) groups excluding carboxylic acids is 1. The third-order valence-corrected chi connectivity index (χ3v) is 4.76. The number of benzene rings is 1. The molecule has 2 N–H and O–H groups in total. The minimum absolute atomic E-state index is 0.0335. The van der Waals surface area contributed by atoms with E-state index >= 15 is 0 Å². The van der Waals surface area contributed by atoms with E-state index in [1.165, 1.54) is 31.5 Å². The van der Waals surface area contributed by atoms with Crippen molar-refractivity contribution in [1.82, 2.24) is 9.71 Å². The maximum Gasteiger partial charge on any atom is 0.354 e. The van der Waals surface area contributed by atoms with Crippen LogP contribution in [0.4, 0.5) is 4.39 Å². The highest BCUT2D eigenvalue weighted by molar-refractivity contribution is 7.89. The van der Waals surface area contributed by atoms with Crippen LogP contribution in [0.1, 0.15) is 16.1 Å². The smallest absolute Gasteiger partial charge is 0.354 e. The lowest BCUT2D eigenvalue weighted by atomic mass is 10.2. The molecule has 0 radical (unpaired) electrons. The Kier molecular flexibility index (Phi) is 6.68. The van der Waals surface area contributed by atoms with Crippen LogP contribution in [0.3, 0.4) is 0 Å². The molecular weight excluding hydrogens is 351 g/mol. The Bertz CT molecular complexity index is 802. The lowest BCUT2D eigenvalue weighted by Gasteiger charge is -2.04. The molecule has 0 fully saturated rings. The van der Waals surface area contributed by atoms with Crippen molar-refractivity contribution in [3.05, 3.63) is 53.6 Å². The summed E-state index contributed by atoms with van der Waals surface area (Å²) in [4.78, 5) is 14.5. The summed E-state index contributed by atoms with van der Waals surface area (Å²) in [6.45, 7) is 0.459. The van der Waals surface area contributed by atoms with Crippen molar-refractivity contribution in [3.63, 3.8) is 0 Å². The summed E-state index contributed by atoms with van der Waals surface area (Å²) in [7, 11) is -2.25. The van der Waals surface area contributed by atoms with Crippen LogP contribution in [0, 0.1) is 5.82 Å². The van der Waals surface area contributed by atoms with Crippen molar-refractivity contribution in [2.75, 3.05) is 26.9 Å². The van der Waals surface area contributed by atoms with Gasteiger partial charge in [0, 0.05) is 26.3 Å². The monoisotopic (exact) mass is 370 g/mol. The zero-order valence-corrected chi connectivity index (χ0v) is 14.4. The highest BCUT2D eigenvalue weighted by Gasteiger charge is 2.18. The number of carbonyl (C=O) groups is 1. The normalized spacial score (nSPS) is 11.4. The van der Waals surface area contributed by atoms with Gasteiger partial charge < -0.3 is 14.5 Å². The summed E-state index contributed by atoms with van der Waals surface area (Å²) in [5, 5.41) is 0. The van der Waals surface area contributed by atoms with Crippen molar-refractivity contribution >= 4 is 16.0 Å². The van der Waals surface area contributed by atoms with Crippen LogP contribution in [0.25, 0.3) is 0 Å². The van der Waals surface area contributed by atoms with E-state index in [4.69, 9.17) is 9.47 Å². The fourth-order valence-electron chi connectivity index (χ4n) is 2.00. The zero-order valence-electron chi connectivity index (χ0n) is 13.6. The number of ether oxygens (including phenoxy) is 2. The third-order valence-electron chi connectivity index (χ3n) is 3.32. The molecule has 0 amide bonds. The van der Waals surface area contributed by atoms with E-state index in [0.29, 0.717) is 6.42 Å². The molecule has 25 heavy (non-hydrogen) atoms. The topological polar surface area (TPSA) is 97.5 Å². The maximum atomic E-state index is 12.8. The number of aromatic nitrogens is 1. The molecule has 1 aromatic heterocycles. The Balaban J connectivity index is 1.88. The molecule has 1 aromatic carbocycles. The SMILES string of the molecule is COCCNS(=O)(=O)c1c[nH]c(C(=O)OCCc2ccc(F)cc2)c1. The molecule has 9 heteroatoms. The lowest BCUT2D eigenvalue weighted by molar-refractivity contribution is 0.0503. The molecule has 0 aliphatic carbocycles. The molecule has 0 spiro atoms. The first-order valence-corrected chi connectivity index (χ1v) is 8.99. The van der Waals surface area contributed by atoms with Gasteiger partial charge in [0.15, 0.2) is 0 Å². The van der Waals surface area contributed by atoms with Crippen LogP contribution in [-0.4, -0.2) is 46.2 Å². The second kappa shape index (κ2) is 8.75. The second-order valence-corrected chi connectivity index (χ2v) is 6.92. The standard InChI is InChI=1S/C16H19FN2O5S/c1-23-9-7-19-25(21,22)14-10-15(18-11-14)16(20)24-8-6-12-2-4-13(17)5-3-12/h2-5,10-11,18-19H,6-9H2,1H3. The van der Waals surface area contributed by atoms with E-state index in [-0.39, 0.29) is 36.2 Å². The molecule has 0 unspecified atom stereocenters. The van der Waals surface area contributed by atoms with Crippen molar-refractivity contribution in [2.45, 2.75) is 11.3 Å². The molecule has 0 saturated heterocycles. The van der Waals surface area contributed by atoms with Crippen molar-refractivity contribution in [2.24, 2.45) is 0 Å². The number of H-pyrrole nitrogens is 1. The Morgan fingerprint density at radius 2 is 1.96 bits per heavy atom. The first-order chi connectivity index (χ1) is 11.9. The number of hydrogen-bond acceptors (Lipinski definition) is 5. The summed E-state index contributed by atoms with van der Waals surface area (Å²) in [5.41, 5.74) is 0.859. The van der Waals surface area contributed by atoms with Gasteiger partial charge in [0.2, 0.25) is 10.0 Å². The van der Waals surface area contributed by atoms with Gasteiger partial charge in [-0.25, -0.2) is 22.3 Å². The lowest BCUT2D eigenvalue weighted by Crippen LogP contribution is -2.26. The summed E-state index contributed by atoms with van der Waals surface area (Å²) in [6.07, 6.45) is 1.64. The van der Waals surface area contributed by atoms with Gasteiger partial charge in [-0.15, -0.1) is 0 Å². The second-order valence-electron chi connectivity index (χ2n) is 5.15. The number of halogens is 1. The number of hydrogen-bond donors (Lipinski definition) is 2. The fourth-order valence-corrected chi connectivity index (χ4v) is 3.01. The maximum absolute atomic E-state index is 12.8. The number of rotatable bonds is 9. The molecule has 136 valence electrons. The van der Waals surface area contributed by atoms with Crippen molar-refractivity contribution < 1.29 is 27.1 Å². The molecule has 0 atom stereocenters. The number of aromatic amines is 1. The Morgan fingerprint density at radius 3 is 2.64 bits per heavy atom. The highest BCUT2D eigenvalue weighted by atomic mass is 32.2. The van der Waals surface area contributed by atoms with Crippen LogP contribution in [0.15, 0.2) is 41.4 Å². The van der Waals surface area contributed by atoms with Crippen LogP contribution in [-0.2, 0) is 25.9 Å². The molecule has 7 nitrogen and oxygen atoms in total. The van der Waals surface area contributed by atoms with Gasteiger partial charge in [-0.3, -0.25) is 0 Å². The summed E-state index contributed by atoms with van der Waals surface area (Å²) in [6, 6.07) is 7.07. The average Bonchev–Trinajstić information content (AvgIpc) is 3.08. The van der Waals surface area contributed by atoms with Gasteiger partial charge in [0.1, 0.15) is 16.4 Å². The van der Waals surface area contributed by atoms with Gasteiger partial charge in [0.05, 0.1) is 13.2 Å². The quantitative estimate of drug-likeness (QED) is 0.515. The van der Waals surface area contributed by atoms with E-state index in [1.807, 2.05) is 0 Å². The first kappa shape index (κ1) is 19.1. The van der Waals surface area contributed by atoms with Gasteiger partial charge in [-0.05, 0) is 23.8 Å². The van der Waals surface area contributed by atoms with Crippen LogP contribution < -0.4 is 4.72 Å². The Hall–Kier alpha value is -2.23. The summed E-state index contributed by atoms with van der Waals surface area (Å²) >= 11 is 0. The predicted molar refractivity (Wildman–Crippen MR) is 88.2 cm³/mol. The largest absolute Gasteiger partial charge is 0.461 e. The van der Waals surface area contributed by atoms with Gasteiger partial charge in [0.25, 0.3) is 0 Å². The molecule has 2 rings (SSSR count). The van der Waals surface area contributed by atoms with E-state index < -0.39 is 16.0 Å². The minimum atomic E-state index is -3.72. The van der Waals surface area contributed by atoms with Gasteiger partial charge in [-0.2, -0.15) is 0 Å². The number of esters is 1. The molecule has 2 aromatic rings. The molecule has 0 saturated carbocycles. The number of sulfonamides is 1. The van der Waals surface area contributed by atoms with Crippen molar-refractivity contribution in [1.29, 1.82) is 0 Å². The number of methoxy groups -OCH3 is 1. The van der Waals surface area contributed by atoms with E-state index in [9.17, 15) is 17.6 Å². The summed E-state index contributed by atoms with van der Waals surface area (Å²) < 4.78 is 49.0. The van der Waals surface area contributed by atoms with Crippen LogP contribution in [0.5, 0.6) is 0 Å². The third kappa shape index (κ3) is 5.66. The predicted octanol–water partition coefficient (Wildman–Crippen LogP) is 1.48. The summed E-state index contributed by atoms with van der Waals surface area (Å²) in [5.74, 6) is -1.000. The molecule has 0 aliphatic heterocycles. The van der Waals surface area contributed by atoms with Crippen LogP contribution >= 0.6 is 0 Å². The average molecular weight is 370 g/mol. The van der Waals surface area contributed by atoms with E-state index in [2.05, 4.69) is 9.71 Å². The molecular formula is C16H19FN2O5S. The van der Waals surface area contributed by atoms with E-state index in [0.717, 1.165) is 5.56 Å². The number of nitrogens with one attached hydrogen (secondary N) is 2. The molecule has 0 bridgehead atoms. The van der Waals surface area contributed by atoms with Crippen LogP contribution in [0.2, 0.25) is 0 Å². The van der Waals surface area contributed by atoms with Gasteiger partial charge >= 0.3 is 5.97 Å². The zero-order chi connectivity index (χ0) is 18.3. The first-order valence-electron chi connectivity index (χ1n) is 7.51. The minimum Gasteiger partial charge on any atom is -0.461 e. The molecule has 0 aliphatic rings.